The van der Waals surface area contributed by atoms with E-state index in [1.165, 1.54) is 19.1 Å². The minimum atomic E-state index is -0.824. The van der Waals surface area contributed by atoms with Gasteiger partial charge in [-0.2, -0.15) is 4.37 Å². The number of nitrogens with one attached hydrogen (secondary N) is 1. The maximum atomic E-state index is 13.8. The molecule has 1 aliphatic rings. The molecule has 34 heavy (non-hydrogen) atoms. The quantitative estimate of drug-likeness (QED) is 0.464. The van der Waals surface area contributed by atoms with Crippen molar-refractivity contribution in [3.63, 3.8) is 0 Å². The highest BCUT2D eigenvalue weighted by Crippen LogP contribution is 2.35. The number of ether oxygens (including phenoxy) is 2. The SMILES string of the molecule is CCCC(C(=O)NC1CCCC1)N(C(=O)c1snc(C(N)=O)c1N)c1ccc(OC)c(OC)c1. The first-order chi connectivity index (χ1) is 16.3. The second kappa shape index (κ2) is 11.2. The molecule has 1 aliphatic carbocycles. The van der Waals surface area contributed by atoms with Crippen molar-refractivity contribution in [1.29, 1.82) is 0 Å². The Morgan fingerprint density at radius 3 is 2.44 bits per heavy atom. The first-order valence-electron chi connectivity index (χ1n) is 11.2. The molecule has 1 fully saturated rings. The third-order valence-corrected chi connectivity index (χ3v) is 6.75. The summed E-state index contributed by atoms with van der Waals surface area (Å²) in [6.07, 6.45) is 5.03. The van der Waals surface area contributed by atoms with Gasteiger partial charge in [0.1, 0.15) is 10.9 Å². The lowest BCUT2D eigenvalue weighted by Gasteiger charge is -2.32. The van der Waals surface area contributed by atoms with E-state index in [0.29, 0.717) is 30.0 Å². The number of benzene rings is 1. The Morgan fingerprint density at radius 1 is 1.21 bits per heavy atom. The summed E-state index contributed by atoms with van der Waals surface area (Å²) in [6, 6.07) is 4.25. The van der Waals surface area contributed by atoms with Gasteiger partial charge in [0.05, 0.1) is 19.9 Å². The molecule has 10 nitrogen and oxygen atoms in total. The number of rotatable bonds is 10. The standard InChI is InChI=1S/C23H31N5O5S/c1-4-7-15(22(30)26-13-8-5-6-9-13)28(14-10-11-16(32-2)17(12-14)33-3)23(31)20-18(24)19(21(25)29)27-34-20/h10-13,15H,4-9,24H2,1-3H3,(H2,25,29)(H,26,30). The fourth-order valence-electron chi connectivity index (χ4n) is 4.17. The molecule has 5 N–H and O–H groups in total. The number of hydrogen-bond donors (Lipinski definition) is 3. The molecule has 1 aromatic carbocycles. The van der Waals surface area contributed by atoms with Crippen molar-refractivity contribution in [2.45, 2.75) is 57.5 Å². The number of carbonyl (C=O) groups is 3. The van der Waals surface area contributed by atoms with Gasteiger partial charge in [0.25, 0.3) is 11.8 Å². The Morgan fingerprint density at radius 2 is 1.88 bits per heavy atom. The Kier molecular flexibility index (Phi) is 8.32. The Balaban J connectivity index is 2.08. The van der Waals surface area contributed by atoms with E-state index in [4.69, 9.17) is 20.9 Å². The summed E-state index contributed by atoms with van der Waals surface area (Å²) in [5.41, 5.74) is 11.6. The highest BCUT2D eigenvalue weighted by atomic mass is 32.1. The lowest BCUT2D eigenvalue weighted by molar-refractivity contribution is -0.123. The normalized spacial score (nSPS) is 14.4. The van der Waals surface area contributed by atoms with Crippen LogP contribution >= 0.6 is 11.5 Å². The lowest BCUT2D eigenvalue weighted by atomic mass is 10.1. The summed E-state index contributed by atoms with van der Waals surface area (Å²) in [5, 5.41) is 3.10. The van der Waals surface area contributed by atoms with Crippen LogP contribution in [-0.4, -0.2) is 48.4 Å². The average Bonchev–Trinajstić information content (AvgIpc) is 3.47. The van der Waals surface area contributed by atoms with Crippen LogP contribution in [0.15, 0.2) is 18.2 Å². The third kappa shape index (κ3) is 5.24. The Bertz CT molecular complexity index is 1050. The molecule has 11 heteroatoms. The molecule has 0 bridgehead atoms. The van der Waals surface area contributed by atoms with E-state index < -0.39 is 17.9 Å². The summed E-state index contributed by atoms with van der Waals surface area (Å²) >= 11 is 0.779. The number of nitrogens with two attached hydrogens (primary N) is 2. The number of hydrogen-bond acceptors (Lipinski definition) is 8. The van der Waals surface area contributed by atoms with Crippen molar-refractivity contribution in [3.05, 3.63) is 28.8 Å². The number of primary amides is 1. The van der Waals surface area contributed by atoms with E-state index in [0.717, 1.165) is 37.2 Å². The van der Waals surface area contributed by atoms with Gasteiger partial charge in [-0.05, 0) is 42.9 Å². The predicted octanol–water partition coefficient (Wildman–Crippen LogP) is 2.72. The second-order valence-electron chi connectivity index (χ2n) is 8.15. The number of methoxy groups -OCH3 is 2. The summed E-state index contributed by atoms with van der Waals surface area (Å²) in [5.74, 6) is -0.729. The smallest absolute Gasteiger partial charge is 0.272 e. The molecule has 1 unspecified atom stereocenters. The van der Waals surface area contributed by atoms with Crippen LogP contribution in [0.3, 0.4) is 0 Å². The van der Waals surface area contributed by atoms with Crippen LogP contribution in [0.5, 0.6) is 11.5 Å². The second-order valence-corrected chi connectivity index (χ2v) is 8.92. The zero-order valence-electron chi connectivity index (χ0n) is 19.6. The Labute approximate surface area is 202 Å². The summed E-state index contributed by atoms with van der Waals surface area (Å²) < 4.78 is 14.7. The van der Waals surface area contributed by atoms with Crippen molar-refractivity contribution in [3.8, 4) is 11.5 Å². The lowest BCUT2D eigenvalue weighted by Crippen LogP contribution is -2.51. The zero-order valence-corrected chi connectivity index (χ0v) is 20.4. The van der Waals surface area contributed by atoms with Gasteiger partial charge in [-0.15, -0.1) is 0 Å². The van der Waals surface area contributed by atoms with Gasteiger partial charge in [-0.25, -0.2) is 0 Å². The van der Waals surface area contributed by atoms with E-state index in [2.05, 4.69) is 9.69 Å². The summed E-state index contributed by atoms with van der Waals surface area (Å²) in [6.45, 7) is 1.94. The molecule has 3 rings (SSSR count). The molecule has 1 saturated carbocycles. The van der Waals surface area contributed by atoms with Gasteiger partial charge in [0, 0.05) is 17.8 Å². The van der Waals surface area contributed by atoms with Crippen LogP contribution < -0.4 is 31.2 Å². The molecule has 0 spiro atoms. The van der Waals surface area contributed by atoms with Gasteiger partial charge < -0.3 is 26.3 Å². The van der Waals surface area contributed by atoms with Gasteiger partial charge in [0.2, 0.25) is 5.91 Å². The van der Waals surface area contributed by atoms with E-state index in [1.54, 1.807) is 18.2 Å². The topological polar surface area (TPSA) is 150 Å². The fraction of sp³-hybridized carbons (Fsp3) is 0.478. The minimum Gasteiger partial charge on any atom is -0.493 e. The molecular formula is C23H31N5O5S. The van der Waals surface area contributed by atoms with Crippen molar-refractivity contribution in [1.82, 2.24) is 9.69 Å². The number of nitrogens with zero attached hydrogens (tertiary/aromatic N) is 2. The van der Waals surface area contributed by atoms with Crippen LogP contribution in [0.25, 0.3) is 0 Å². The van der Waals surface area contributed by atoms with Crippen molar-refractivity contribution in [2.24, 2.45) is 5.73 Å². The van der Waals surface area contributed by atoms with Gasteiger partial charge in [-0.1, -0.05) is 26.2 Å². The van der Waals surface area contributed by atoms with Crippen LogP contribution in [-0.2, 0) is 4.79 Å². The molecule has 184 valence electrons. The highest BCUT2D eigenvalue weighted by Gasteiger charge is 2.35. The number of nitrogen functional groups attached to an aromatic ring is 1. The maximum Gasteiger partial charge on any atom is 0.272 e. The number of carbonyl (C=O) groups excluding carboxylic acids is 3. The summed E-state index contributed by atoms with van der Waals surface area (Å²) in [7, 11) is 3.00. The van der Waals surface area contributed by atoms with E-state index in [9.17, 15) is 14.4 Å². The van der Waals surface area contributed by atoms with E-state index in [1.807, 2.05) is 6.92 Å². The van der Waals surface area contributed by atoms with E-state index >= 15 is 0 Å². The molecule has 1 heterocycles. The van der Waals surface area contributed by atoms with Crippen LogP contribution in [0, 0.1) is 0 Å². The monoisotopic (exact) mass is 489 g/mol. The van der Waals surface area contributed by atoms with Crippen molar-refractivity contribution < 1.29 is 23.9 Å². The van der Waals surface area contributed by atoms with E-state index in [-0.39, 0.29) is 28.2 Å². The van der Waals surface area contributed by atoms with Crippen LogP contribution in [0.2, 0.25) is 0 Å². The van der Waals surface area contributed by atoms with Crippen LogP contribution in [0.1, 0.15) is 65.6 Å². The van der Waals surface area contributed by atoms with Crippen molar-refractivity contribution in [2.75, 3.05) is 24.9 Å². The summed E-state index contributed by atoms with van der Waals surface area (Å²) in [4.78, 5) is 40.4. The van der Waals surface area contributed by atoms with Crippen LogP contribution in [0.4, 0.5) is 11.4 Å². The molecule has 0 saturated heterocycles. The minimum absolute atomic E-state index is 0.0401. The van der Waals surface area contributed by atoms with Gasteiger partial charge in [-0.3, -0.25) is 19.3 Å². The molecule has 1 aromatic heterocycles. The molecule has 0 radical (unpaired) electrons. The maximum absolute atomic E-state index is 13.8. The molecule has 3 amide bonds. The molecule has 2 aromatic rings. The third-order valence-electron chi connectivity index (χ3n) is 5.90. The van der Waals surface area contributed by atoms with Gasteiger partial charge >= 0.3 is 0 Å². The van der Waals surface area contributed by atoms with Crippen molar-refractivity contribution >= 4 is 40.6 Å². The molecular weight excluding hydrogens is 458 g/mol. The highest BCUT2D eigenvalue weighted by molar-refractivity contribution is 7.09. The first-order valence-corrected chi connectivity index (χ1v) is 12.0. The number of amides is 3. The largest absolute Gasteiger partial charge is 0.493 e. The number of anilines is 2. The Hall–Kier alpha value is -3.34. The first kappa shape index (κ1) is 25.3. The average molecular weight is 490 g/mol. The molecule has 0 aliphatic heterocycles. The number of aromatic nitrogens is 1. The fourth-order valence-corrected chi connectivity index (χ4v) is 4.91. The molecule has 1 atom stereocenters. The van der Waals surface area contributed by atoms with Gasteiger partial charge in [0.15, 0.2) is 17.2 Å². The predicted molar refractivity (Wildman–Crippen MR) is 130 cm³/mol. The zero-order chi connectivity index (χ0) is 24.8.